The topological polar surface area (TPSA) is 75.6 Å². The van der Waals surface area contributed by atoms with Gasteiger partial charge in [0.05, 0.1) is 17.7 Å². The van der Waals surface area contributed by atoms with Gasteiger partial charge in [0.25, 0.3) is 0 Å². The van der Waals surface area contributed by atoms with Crippen LogP contribution < -0.4 is 10.1 Å². The summed E-state index contributed by atoms with van der Waals surface area (Å²) in [5.74, 6) is 0.0989. The van der Waals surface area contributed by atoms with E-state index >= 15 is 0 Å². The quantitative estimate of drug-likeness (QED) is 0.856. The Labute approximate surface area is 98.3 Å². The summed E-state index contributed by atoms with van der Waals surface area (Å²) in [5.41, 5.74) is 0.319. The molecular formula is C9H11NO4S2. The van der Waals surface area contributed by atoms with Crippen molar-refractivity contribution in [1.29, 1.82) is 0 Å². The third-order valence-electron chi connectivity index (χ3n) is 1.78. The van der Waals surface area contributed by atoms with Gasteiger partial charge in [-0.1, -0.05) is 0 Å². The molecule has 0 radical (unpaired) electrons. The number of nitrogens with one attached hydrogen (secondary N) is 1. The van der Waals surface area contributed by atoms with Crippen molar-refractivity contribution in [3.8, 4) is 5.75 Å². The first-order valence-electron chi connectivity index (χ1n) is 4.27. The summed E-state index contributed by atoms with van der Waals surface area (Å²) < 4.78 is 25.4. The molecule has 16 heavy (non-hydrogen) atoms. The van der Waals surface area contributed by atoms with Crippen LogP contribution in [0.5, 0.6) is 5.75 Å². The summed E-state index contributed by atoms with van der Waals surface area (Å²) in [6, 6.07) is 4.19. The van der Waals surface area contributed by atoms with Gasteiger partial charge in [-0.05, 0) is 18.2 Å². The smallest absolute Gasteiger partial charge is 0.221 e. The summed E-state index contributed by atoms with van der Waals surface area (Å²) in [6.45, 7) is 1.33. The molecule has 88 valence electrons. The summed E-state index contributed by atoms with van der Waals surface area (Å²) in [7, 11) is -2.02. The van der Waals surface area contributed by atoms with Crippen LogP contribution in [0, 0.1) is 0 Å². The standard InChI is InChI=1S/C9H11NO4S2/c1-6(11)10-8-5-7(16(12,13)15)3-4-9(8)14-2/h3-5H,1-2H3,(H,10,11)(H,12,13,15). The molecular weight excluding hydrogens is 250 g/mol. The van der Waals surface area contributed by atoms with Crippen LogP contribution in [0.2, 0.25) is 0 Å². The predicted molar refractivity (Wildman–Crippen MR) is 63.7 cm³/mol. The Kier molecular flexibility index (Phi) is 3.84. The molecule has 0 saturated carbocycles. The average Bonchev–Trinajstić information content (AvgIpc) is 2.15. The van der Waals surface area contributed by atoms with Crippen LogP contribution in [0.1, 0.15) is 6.92 Å². The number of ether oxygens (including phenoxy) is 1. The van der Waals surface area contributed by atoms with E-state index in [1.54, 1.807) is 0 Å². The molecule has 1 aromatic carbocycles. The minimum absolute atomic E-state index is 0.0621. The highest BCUT2D eigenvalue weighted by atomic mass is 32.8. The van der Waals surface area contributed by atoms with Crippen molar-refractivity contribution in [2.45, 2.75) is 11.8 Å². The van der Waals surface area contributed by atoms with E-state index in [0.29, 0.717) is 11.4 Å². The molecule has 1 aromatic rings. The maximum Gasteiger partial charge on any atom is 0.221 e. The summed E-state index contributed by atoms with van der Waals surface area (Å²) in [4.78, 5) is 11.0. The number of rotatable bonds is 3. The molecule has 5 nitrogen and oxygen atoms in total. The molecule has 0 aromatic heterocycles. The van der Waals surface area contributed by atoms with Gasteiger partial charge in [-0.25, -0.2) is 4.21 Å². The lowest BCUT2D eigenvalue weighted by atomic mass is 10.3. The molecule has 0 bridgehead atoms. The van der Waals surface area contributed by atoms with Gasteiger partial charge in [-0.15, -0.1) is 0 Å². The maximum atomic E-state index is 11.2. The molecule has 0 aliphatic heterocycles. The Morgan fingerprint density at radius 2 is 2.19 bits per heavy atom. The zero-order valence-corrected chi connectivity index (χ0v) is 10.4. The second kappa shape index (κ2) is 4.77. The van der Waals surface area contributed by atoms with Crippen molar-refractivity contribution < 1.29 is 18.3 Å². The number of hydrogen-bond donors (Lipinski definition) is 2. The highest BCUT2D eigenvalue weighted by molar-refractivity contribution is 8.29. The first kappa shape index (κ1) is 12.9. The fraction of sp³-hybridized carbons (Fsp3) is 0.222. The van der Waals surface area contributed by atoms with Crippen LogP contribution in [-0.4, -0.2) is 21.8 Å². The average molecular weight is 261 g/mol. The van der Waals surface area contributed by atoms with Gasteiger partial charge in [0.1, 0.15) is 5.75 Å². The molecule has 2 N–H and O–H groups in total. The summed E-state index contributed by atoms with van der Waals surface area (Å²) in [6.07, 6.45) is 0. The fourth-order valence-electron chi connectivity index (χ4n) is 1.13. The van der Waals surface area contributed by atoms with E-state index in [9.17, 15) is 13.6 Å². The van der Waals surface area contributed by atoms with Gasteiger partial charge < -0.3 is 14.6 Å². The predicted octanol–water partition coefficient (Wildman–Crippen LogP) is 1.23. The van der Waals surface area contributed by atoms with Crippen LogP contribution in [0.25, 0.3) is 0 Å². The molecule has 0 fully saturated rings. The summed E-state index contributed by atoms with van der Waals surface area (Å²) >= 11 is 4.43. The first-order chi connectivity index (χ1) is 7.34. The van der Waals surface area contributed by atoms with Gasteiger partial charge in [0, 0.05) is 18.1 Å². The maximum absolute atomic E-state index is 11.2. The molecule has 1 unspecified atom stereocenters. The number of amides is 1. The first-order valence-corrected chi connectivity index (χ1v) is 6.71. The highest BCUT2D eigenvalue weighted by Gasteiger charge is 2.11. The highest BCUT2D eigenvalue weighted by Crippen LogP contribution is 2.27. The molecule has 0 saturated heterocycles. The number of methoxy groups -OCH3 is 1. The van der Waals surface area contributed by atoms with Crippen molar-refractivity contribution in [3.63, 3.8) is 0 Å². The second-order valence-electron chi connectivity index (χ2n) is 3.02. The number of carbonyl (C=O) groups is 1. The van der Waals surface area contributed by atoms with Crippen LogP contribution in [-0.2, 0) is 24.8 Å². The minimum atomic E-state index is -3.46. The third-order valence-corrected chi connectivity index (χ3v) is 3.21. The Morgan fingerprint density at radius 3 is 2.62 bits per heavy atom. The molecule has 1 rings (SSSR count). The largest absolute Gasteiger partial charge is 0.495 e. The lowest BCUT2D eigenvalue weighted by molar-refractivity contribution is -0.114. The van der Waals surface area contributed by atoms with Crippen molar-refractivity contribution in [2.75, 3.05) is 12.4 Å². The van der Waals surface area contributed by atoms with E-state index in [2.05, 4.69) is 16.5 Å². The molecule has 1 atom stereocenters. The van der Waals surface area contributed by atoms with Gasteiger partial charge in [0.2, 0.25) is 5.91 Å². The van der Waals surface area contributed by atoms with Crippen molar-refractivity contribution in [1.82, 2.24) is 0 Å². The second-order valence-corrected chi connectivity index (χ2v) is 5.80. The van der Waals surface area contributed by atoms with Crippen molar-refractivity contribution in [3.05, 3.63) is 18.2 Å². The zero-order valence-electron chi connectivity index (χ0n) is 8.72. The lowest BCUT2D eigenvalue weighted by Crippen LogP contribution is -2.08. The number of hydrogen-bond acceptors (Lipinski definition) is 4. The molecule has 1 amide bonds. The van der Waals surface area contributed by atoms with E-state index in [4.69, 9.17) is 4.74 Å². The van der Waals surface area contributed by atoms with Gasteiger partial charge in [-0.3, -0.25) is 4.79 Å². The number of anilines is 1. The zero-order chi connectivity index (χ0) is 12.3. The van der Waals surface area contributed by atoms with Gasteiger partial charge in [0.15, 0.2) is 8.77 Å². The van der Waals surface area contributed by atoms with E-state index in [0.717, 1.165) is 0 Å². The SMILES string of the molecule is COc1ccc(S(=O)(O)=S)cc1NC(C)=O. The third kappa shape index (κ3) is 3.16. The van der Waals surface area contributed by atoms with Gasteiger partial charge >= 0.3 is 0 Å². The minimum Gasteiger partial charge on any atom is -0.495 e. The number of carbonyl (C=O) groups excluding carboxylic acids is 1. The Bertz CT molecular complexity index is 510. The number of benzene rings is 1. The molecule has 0 heterocycles. The van der Waals surface area contributed by atoms with Crippen LogP contribution in [0.15, 0.2) is 23.1 Å². The van der Waals surface area contributed by atoms with Crippen LogP contribution in [0.4, 0.5) is 5.69 Å². The monoisotopic (exact) mass is 261 g/mol. The molecule has 0 spiro atoms. The Hall–Kier alpha value is -1.18. The molecule has 0 aliphatic carbocycles. The Balaban J connectivity index is 3.27. The molecule has 0 aliphatic rings. The fourth-order valence-corrected chi connectivity index (χ4v) is 1.95. The van der Waals surface area contributed by atoms with E-state index in [1.165, 1.54) is 32.2 Å². The van der Waals surface area contributed by atoms with Crippen LogP contribution >= 0.6 is 0 Å². The lowest BCUT2D eigenvalue weighted by Gasteiger charge is -2.10. The normalized spacial score (nSPS) is 13.9. The summed E-state index contributed by atoms with van der Waals surface area (Å²) in [5, 5.41) is 2.49. The van der Waals surface area contributed by atoms with Crippen molar-refractivity contribution >= 4 is 31.6 Å². The molecule has 7 heteroatoms. The Morgan fingerprint density at radius 1 is 1.56 bits per heavy atom. The van der Waals surface area contributed by atoms with E-state index in [-0.39, 0.29) is 10.8 Å². The van der Waals surface area contributed by atoms with E-state index < -0.39 is 8.77 Å². The van der Waals surface area contributed by atoms with Gasteiger partial charge in [-0.2, -0.15) is 0 Å². The van der Waals surface area contributed by atoms with E-state index in [1.807, 2.05) is 0 Å². The van der Waals surface area contributed by atoms with Crippen LogP contribution in [0.3, 0.4) is 0 Å². The van der Waals surface area contributed by atoms with Crippen molar-refractivity contribution in [2.24, 2.45) is 0 Å².